The molecule has 0 fully saturated rings. The summed E-state index contributed by atoms with van der Waals surface area (Å²) in [5.74, 6) is 0.608. The number of nitrogens with zero attached hydrogens (tertiary/aromatic N) is 3. The Hall–Kier alpha value is -1.68. The van der Waals surface area contributed by atoms with E-state index in [0.717, 1.165) is 18.4 Å². The molecule has 2 heterocycles. The Morgan fingerprint density at radius 3 is 2.83 bits per heavy atom. The summed E-state index contributed by atoms with van der Waals surface area (Å²) in [7, 11) is 0. The SMILES string of the molecule is O=c1c(-c2cccnc2)ccnn1CCCCCl. The van der Waals surface area contributed by atoms with E-state index in [9.17, 15) is 4.79 Å². The van der Waals surface area contributed by atoms with Gasteiger partial charge in [0, 0.05) is 36.6 Å². The largest absolute Gasteiger partial charge is 0.274 e. The van der Waals surface area contributed by atoms with Crippen molar-refractivity contribution in [1.29, 1.82) is 0 Å². The number of alkyl halides is 1. The summed E-state index contributed by atoms with van der Waals surface area (Å²) in [6.45, 7) is 0.597. The first kappa shape index (κ1) is 12.8. The van der Waals surface area contributed by atoms with Crippen LogP contribution in [0, 0.1) is 0 Å². The van der Waals surface area contributed by atoms with Gasteiger partial charge in [0.2, 0.25) is 0 Å². The lowest BCUT2D eigenvalue weighted by Gasteiger charge is -2.06. The molecule has 18 heavy (non-hydrogen) atoms. The zero-order valence-electron chi connectivity index (χ0n) is 9.92. The molecule has 0 unspecified atom stereocenters. The van der Waals surface area contributed by atoms with Gasteiger partial charge in [-0.1, -0.05) is 6.07 Å². The lowest BCUT2D eigenvalue weighted by Crippen LogP contribution is -2.24. The molecule has 0 aliphatic carbocycles. The van der Waals surface area contributed by atoms with E-state index in [1.54, 1.807) is 24.7 Å². The van der Waals surface area contributed by atoms with E-state index >= 15 is 0 Å². The topological polar surface area (TPSA) is 47.8 Å². The third-order valence-electron chi connectivity index (χ3n) is 2.64. The van der Waals surface area contributed by atoms with Gasteiger partial charge in [-0.15, -0.1) is 11.6 Å². The molecule has 2 aromatic heterocycles. The van der Waals surface area contributed by atoms with Crippen molar-refractivity contribution in [3.63, 3.8) is 0 Å². The highest BCUT2D eigenvalue weighted by Gasteiger charge is 2.06. The van der Waals surface area contributed by atoms with Crippen molar-refractivity contribution in [2.75, 3.05) is 5.88 Å². The minimum atomic E-state index is -0.0833. The fourth-order valence-electron chi connectivity index (χ4n) is 1.71. The summed E-state index contributed by atoms with van der Waals surface area (Å²) >= 11 is 5.62. The average Bonchev–Trinajstić information content (AvgIpc) is 2.42. The van der Waals surface area contributed by atoms with Gasteiger partial charge < -0.3 is 0 Å². The predicted octanol–water partition coefficient (Wildman–Crippen LogP) is 2.32. The number of halogens is 1. The van der Waals surface area contributed by atoms with Crippen molar-refractivity contribution in [2.24, 2.45) is 0 Å². The number of aryl methyl sites for hydroxylation is 1. The van der Waals surface area contributed by atoms with Gasteiger partial charge in [0.1, 0.15) is 0 Å². The van der Waals surface area contributed by atoms with Gasteiger partial charge in [0.25, 0.3) is 5.56 Å². The van der Waals surface area contributed by atoms with Gasteiger partial charge in [-0.25, -0.2) is 4.68 Å². The second-order valence-electron chi connectivity index (χ2n) is 3.91. The second kappa shape index (κ2) is 6.31. The van der Waals surface area contributed by atoms with Crippen LogP contribution in [0.2, 0.25) is 0 Å². The highest BCUT2D eigenvalue weighted by molar-refractivity contribution is 6.17. The third kappa shape index (κ3) is 2.96. The fourth-order valence-corrected chi connectivity index (χ4v) is 1.90. The molecule has 4 nitrogen and oxygen atoms in total. The summed E-state index contributed by atoms with van der Waals surface area (Å²) in [6.07, 6.45) is 6.74. The Labute approximate surface area is 110 Å². The molecule has 2 rings (SSSR count). The van der Waals surface area contributed by atoms with Gasteiger partial charge in [-0.05, 0) is 25.0 Å². The maximum absolute atomic E-state index is 12.2. The molecule has 0 atom stereocenters. The van der Waals surface area contributed by atoms with E-state index in [1.807, 2.05) is 12.1 Å². The van der Waals surface area contributed by atoms with Crippen molar-refractivity contribution >= 4 is 11.6 Å². The molecular weight excluding hydrogens is 250 g/mol. The van der Waals surface area contributed by atoms with Crippen LogP contribution < -0.4 is 5.56 Å². The molecule has 2 aromatic rings. The Kier molecular flexibility index (Phi) is 4.47. The van der Waals surface area contributed by atoms with Gasteiger partial charge in [-0.2, -0.15) is 5.10 Å². The van der Waals surface area contributed by atoms with Gasteiger partial charge in [0.05, 0.1) is 5.56 Å². The lowest BCUT2D eigenvalue weighted by atomic mass is 10.1. The molecule has 0 aliphatic heterocycles. The van der Waals surface area contributed by atoms with Gasteiger partial charge >= 0.3 is 0 Å². The van der Waals surface area contributed by atoms with Crippen LogP contribution in [0.25, 0.3) is 11.1 Å². The van der Waals surface area contributed by atoms with Crippen LogP contribution in [-0.4, -0.2) is 20.6 Å². The van der Waals surface area contributed by atoms with Gasteiger partial charge in [-0.3, -0.25) is 9.78 Å². The standard InChI is InChI=1S/C13H14ClN3O/c14-6-1-2-9-17-13(18)12(5-8-16-17)11-4-3-7-15-10-11/h3-5,7-8,10H,1-2,6,9H2. The molecule has 0 amide bonds. The molecule has 0 radical (unpaired) electrons. The number of aromatic nitrogens is 3. The molecule has 5 heteroatoms. The zero-order chi connectivity index (χ0) is 12.8. The van der Waals surface area contributed by atoms with E-state index in [0.29, 0.717) is 18.0 Å². The van der Waals surface area contributed by atoms with Gasteiger partial charge in [0.15, 0.2) is 0 Å². The van der Waals surface area contributed by atoms with E-state index in [-0.39, 0.29) is 5.56 Å². The molecule has 0 bridgehead atoms. The Balaban J connectivity index is 2.28. The van der Waals surface area contributed by atoms with Crippen LogP contribution in [0.5, 0.6) is 0 Å². The zero-order valence-corrected chi connectivity index (χ0v) is 10.7. The quantitative estimate of drug-likeness (QED) is 0.614. The minimum Gasteiger partial charge on any atom is -0.267 e. The summed E-state index contributed by atoms with van der Waals surface area (Å²) in [5, 5.41) is 4.08. The first-order chi connectivity index (χ1) is 8.83. The van der Waals surface area contributed by atoms with Crippen LogP contribution in [0.15, 0.2) is 41.6 Å². The average molecular weight is 264 g/mol. The van der Waals surface area contributed by atoms with Crippen molar-refractivity contribution in [3.8, 4) is 11.1 Å². The van der Waals surface area contributed by atoms with E-state index in [4.69, 9.17) is 11.6 Å². The monoisotopic (exact) mass is 263 g/mol. The molecule has 94 valence electrons. The number of rotatable bonds is 5. The van der Waals surface area contributed by atoms with Crippen LogP contribution >= 0.6 is 11.6 Å². The van der Waals surface area contributed by atoms with E-state index in [2.05, 4.69) is 10.1 Å². The van der Waals surface area contributed by atoms with Crippen molar-refractivity contribution < 1.29 is 0 Å². The molecule has 0 saturated heterocycles. The van der Waals surface area contributed by atoms with Crippen molar-refractivity contribution in [1.82, 2.24) is 14.8 Å². The molecular formula is C13H14ClN3O. The summed E-state index contributed by atoms with van der Waals surface area (Å²) in [6, 6.07) is 5.40. The smallest absolute Gasteiger partial charge is 0.267 e. The van der Waals surface area contributed by atoms with Crippen LogP contribution in [0.4, 0.5) is 0 Å². The lowest BCUT2D eigenvalue weighted by molar-refractivity contribution is 0.545. The van der Waals surface area contributed by atoms with Crippen LogP contribution in [-0.2, 0) is 6.54 Å². The first-order valence-electron chi connectivity index (χ1n) is 5.85. The Morgan fingerprint density at radius 1 is 1.22 bits per heavy atom. The highest BCUT2D eigenvalue weighted by atomic mass is 35.5. The highest BCUT2D eigenvalue weighted by Crippen LogP contribution is 2.11. The maximum atomic E-state index is 12.2. The van der Waals surface area contributed by atoms with E-state index in [1.165, 1.54) is 4.68 Å². The Morgan fingerprint density at radius 2 is 2.11 bits per heavy atom. The summed E-state index contributed by atoms with van der Waals surface area (Å²) in [5.41, 5.74) is 1.36. The molecule has 0 aromatic carbocycles. The normalized spacial score (nSPS) is 10.5. The van der Waals surface area contributed by atoms with Crippen LogP contribution in [0.1, 0.15) is 12.8 Å². The summed E-state index contributed by atoms with van der Waals surface area (Å²) in [4.78, 5) is 16.2. The number of unbranched alkanes of at least 4 members (excludes halogenated alkanes) is 1. The molecule has 0 N–H and O–H groups in total. The molecule has 0 spiro atoms. The fraction of sp³-hybridized carbons (Fsp3) is 0.308. The van der Waals surface area contributed by atoms with Crippen molar-refractivity contribution in [2.45, 2.75) is 19.4 Å². The number of hydrogen-bond acceptors (Lipinski definition) is 3. The number of hydrogen-bond donors (Lipinski definition) is 0. The summed E-state index contributed by atoms with van der Waals surface area (Å²) < 4.78 is 1.48. The van der Waals surface area contributed by atoms with Crippen molar-refractivity contribution in [3.05, 3.63) is 47.1 Å². The van der Waals surface area contributed by atoms with E-state index < -0.39 is 0 Å². The third-order valence-corrected chi connectivity index (χ3v) is 2.91. The molecule has 0 aliphatic rings. The molecule has 0 saturated carbocycles. The second-order valence-corrected chi connectivity index (χ2v) is 4.29. The maximum Gasteiger partial charge on any atom is 0.274 e. The Bertz CT molecular complexity index is 554. The first-order valence-corrected chi connectivity index (χ1v) is 6.39. The minimum absolute atomic E-state index is 0.0833. The number of pyridine rings is 1. The predicted molar refractivity (Wildman–Crippen MR) is 71.7 cm³/mol. The van der Waals surface area contributed by atoms with Crippen LogP contribution in [0.3, 0.4) is 0 Å².